The lowest BCUT2D eigenvalue weighted by atomic mass is 9.96. The Morgan fingerprint density at radius 2 is 0.902 bits per heavy atom. The average molecular weight is 1590 g/mol. The number of guanidine groups is 1. The molecule has 0 radical (unpaired) electrons. The van der Waals surface area contributed by atoms with Gasteiger partial charge in [-0.3, -0.25) is 76.9 Å². The van der Waals surface area contributed by atoms with E-state index in [1.165, 1.54) is 57.6 Å². The third kappa shape index (κ3) is 34.4. The Kier molecular flexibility index (Phi) is 41.3. The number of carboxylic acids is 2. The van der Waals surface area contributed by atoms with Gasteiger partial charge in [0.05, 0.1) is 50.3 Å². The number of rotatable bonds is 49. The highest BCUT2D eigenvalue weighted by Crippen LogP contribution is 2.16. The number of carboxylic acid groups (broad SMARTS) is 2. The van der Waals surface area contributed by atoms with Crippen molar-refractivity contribution in [2.75, 3.05) is 19.7 Å². The summed E-state index contributed by atoms with van der Waals surface area (Å²) < 4.78 is 0. The van der Waals surface area contributed by atoms with Gasteiger partial charge in [0.1, 0.15) is 78.3 Å². The van der Waals surface area contributed by atoms with Gasteiger partial charge in [-0.05, 0) is 109 Å². The molecule has 0 spiro atoms. The number of aromatic amines is 1. The number of H-pyrrole nitrogens is 1. The Morgan fingerprint density at radius 3 is 1.36 bits per heavy atom. The molecule has 43 heteroatoms. The van der Waals surface area contributed by atoms with Crippen molar-refractivity contribution in [2.24, 2.45) is 39.9 Å². The zero-order chi connectivity index (χ0) is 85.1. The SMILES string of the molecule is CC[C@H](C)[C@H](NC(=O)[C@H](CC(C)C)NC(=O)[C@H](Cc1cnc[nH]1)NC(=O)[C@H](C)NC(=O)[C@H](CC(C)C)NC(=O)[C@H](CC(=O)O)NC(=O)CNC(=O)[C@H](CCCN=C(N)N)NC(=O)[C@H](C)NC(=O)[C@H](CO)NC(=O)[C@H](C)NC(=O)[C@@H](NC(=O)[C@@H](N)Cc1ccc(O)cc1)[C@@H](C)O)C(=O)N[C@H](C(=O)N[C@H](C(=O)O)[C@@H](C)O)[C@@H](C)O. The highest BCUT2D eigenvalue weighted by atomic mass is 16.4. The van der Waals surface area contributed by atoms with E-state index in [0.717, 1.165) is 20.8 Å². The molecular formula is C69H112N20O23. The largest absolute Gasteiger partial charge is 0.508 e. The van der Waals surface area contributed by atoms with Gasteiger partial charge in [0, 0.05) is 24.9 Å². The average Bonchev–Trinajstić information content (AvgIpc) is 0.997. The lowest BCUT2D eigenvalue weighted by Gasteiger charge is -2.30. The summed E-state index contributed by atoms with van der Waals surface area (Å²) in [6, 6.07) is -16.3. The molecule has 0 saturated heterocycles. The van der Waals surface area contributed by atoms with Crippen LogP contribution in [0.4, 0.5) is 0 Å². The van der Waals surface area contributed by atoms with Crippen molar-refractivity contribution in [3.8, 4) is 5.75 Å². The van der Waals surface area contributed by atoms with E-state index in [0.29, 0.717) is 11.3 Å². The van der Waals surface area contributed by atoms with Crippen molar-refractivity contribution < 1.29 is 112 Å². The van der Waals surface area contributed by atoms with E-state index in [1.807, 2.05) is 0 Å². The summed E-state index contributed by atoms with van der Waals surface area (Å²) in [5, 5.41) is 103. The molecule has 2 aromatic rings. The minimum atomic E-state index is -1.94. The first kappa shape index (κ1) is 96.9. The quantitative estimate of drug-likeness (QED) is 0.0166. The number of carbonyl (C=O) groups excluding carboxylic acids is 14. The van der Waals surface area contributed by atoms with Crippen LogP contribution in [0.5, 0.6) is 5.75 Å². The number of aromatic hydroxyl groups is 1. The van der Waals surface area contributed by atoms with E-state index in [9.17, 15) is 112 Å². The van der Waals surface area contributed by atoms with Crippen LogP contribution in [0.25, 0.3) is 0 Å². The molecule has 18 atom stereocenters. The van der Waals surface area contributed by atoms with Crippen LogP contribution in [0, 0.1) is 17.8 Å². The lowest BCUT2D eigenvalue weighted by Crippen LogP contribution is -2.62. The predicted octanol–water partition coefficient (Wildman–Crippen LogP) is -8.41. The number of aliphatic hydroxyl groups excluding tert-OH is 4. The highest BCUT2D eigenvalue weighted by Gasteiger charge is 2.39. The molecule has 0 aliphatic rings. The fourth-order valence-electron chi connectivity index (χ4n) is 10.6. The molecule has 0 saturated carbocycles. The van der Waals surface area contributed by atoms with Gasteiger partial charge in [-0.2, -0.15) is 0 Å². The maximum Gasteiger partial charge on any atom is 0.328 e. The summed E-state index contributed by atoms with van der Waals surface area (Å²) in [5.41, 5.74) is 17.8. The molecule has 14 amide bonds. The van der Waals surface area contributed by atoms with Crippen LogP contribution in [0.1, 0.15) is 133 Å². The number of hydrogen-bond acceptors (Lipinski definition) is 24. The second-order valence-electron chi connectivity index (χ2n) is 28.0. The number of aromatic nitrogens is 2. The topological polar surface area (TPSA) is 702 Å². The van der Waals surface area contributed by atoms with Crippen LogP contribution in [0.2, 0.25) is 0 Å². The number of nitrogens with two attached hydrogens (primary N) is 3. The Balaban J connectivity index is 2.26. The molecule has 0 aliphatic carbocycles. The Hall–Kier alpha value is -11.2. The van der Waals surface area contributed by atoms with Crippen molar-refractivity contribution in [1.82, 2.24) is 84.4 Å². The van der Waals surface area contributed by atoms with Crippen LogP contribution in [-0.4, -0.2) is 269 Å². The second-order valence-corrected chi connectivity index (χ2v) is 28.0. The van der Waals surface area contributed by atoms with Gasteiger partial charge in [0.2, 0.25) is 82.7 Å². The molecule has 626 valence electrons. The number of benzene rings is 1. The van der Waals surface area contributed by atoms with Gasteiger partial charge in [-0.15, -0.1) is 0 Å². The van der Waals surface area contributed by atoms with Crippen molar-refractivity contribution in [1.29, 1.82) is 0 Å². The van der Waals surface area contributed by atoms with E-state index in [4.69, 9.17) is 17.2 Å². The van der Waals surface area contributed by atoms with Gasteiger partial charge in [0.15, 0.2) is 12.0 Å². The predicted molar refractivity (Wildman–Crippen MR) is 398 cm³/mol. The number of carbonyl (C=O) groups is 16. The summed E-state index contributed by atoms with van der Waals surface area (Å²) in [5.74, 6) is -19.4. The zero-order valence-corrected chi connectivity index (χ0v) is 64.6. The molecule has 0 fully saturated rings. The summed E-state index contributed by atoms with van der Waals surface area (Å²) in [6.07, 6.45) is -3.62. The molecule has 43 nitrogen and oxygen atoms in total. The number of aliphatic hydroxyl groups is 4. The number of aliphatic imine (C=N–C) groups is 1. The van der Waals surface area contributed by atoms with Crippen molar-refractivity contribution in [3.05, 3.63) is 48.0 Å². The van der Waals surface area contributed by atoms with Crippen LogP contribution in [0.15, 0.2) is 41.8 Å². The third-order valence-electron chi connectivity index (χ3n) is 17.1. The van der Waals surface area contributed by atoms with Gasteiger partial charge in [-0.1, -0.05) is 60.1 Å². The summed E-state index contributed by atoms with van der Waals surface area (Å²) in [7, 11) is 0. The third-order valence-corrected chi connectivity index (χ3v) is 17.1. The van der Waals surface area contributed by atoms with Crippen LogP contribution >= 0.6 is 0 Å². The molecule has 1 heterocycles. The standard InChI is InChI=1S/C69H112N20O23/c1-13-32(6)51(65(108)88-53(37(11)92)67(110)89-54(38(12)93)68(111)112)86-63(106)45(22-31(4)5)84-61(104)46(24-40-26-73-29-76-40)82-56(99)34(8)77-60(103)44(21-30(2)3)83-62(105)47(25-50(96)97)80-49(95)27-75-59(102)43(15-14-20-74-69(71)72)81-55(98)33(7)78-64(107)48(28-90)85-57(100)35(9)79-66(109)52(36(10)91)87-58(101)42(70)23-39-16-18-41(94)19-17-39/h16-19,26,29-38,42-48,51-54,90-94H,13-15,20-25,27-28,70H2,1-12H3,(H,73,76)(H,75,102)(H,77,103)(H,78,107)(H,79,109)(H,80,95)(H,81,98)(H,82,99)(H,83,105)(H,84,104)(H,85,100)(H,86,106)(H,87,101)(H,88,108)(H,89,110)(H,96,97)(H,111,112)(H4,71,72,74)/t32-,33-,34-,35-,36+,37+,38+,42-,43-,44-,45-,46-,47-,48-,51-,52-,53-,54-/m0/s1. The number of hydrogen-bond donors (Lipinski definition) is 25. The van der Waals surface area contributed by atoms with Crippen molar-refractivity contribution in [2.45, 2.75) is 237 Å². The first-order valence-electron chi connectivity index (χ1n) is 36.2. The summed E-state index contributed by atoms with van der Waals surface area (Å²) in [6.45, 7) is 14.9. The number of phenolic OH excluding ortho intramolecular Hbond substituents is 1. The van der Waals surface area contributed by atoms with Crippen LogP contribution in [0.3, 0.4) is 0 Å². The molecule has 2 rings (SSSR count). The van der Waals surface area contributed by atoms with Crippen LogP contribution < -0.4 is 91.6 Å². The van der Waals surface area contributed by atoms with E-state index in [2.05, 4.69) is 89.4 Å². The number of nitrogens with one attached hydrogen (secondary N) is 15. The monoisotopic (exact) mass is 1590 g/mol. The Labute approximate surface area is 646 Å². The Morgan fingerprint density at radius 1 is 0.482 bits per heavy atom. The zero-order valence-electron chi connectivity index (χ0n) is 64.6. The first-order chi connectivity index (χ1) is 52.3. The fraction of sp³-hybridized carbons (Fsp3) is 0.623. The second kappa shape index (κ2) is 47.8. The van der Waals surface area contributed by atoms with Crippen molar-refractivity contribution in [3.63, 3.8) is 0 Å². The smallest absolute Gasteiger partial charge is 0.328 e. The Bertz CT molecular complexity index is 3560. The van der Waals surface area contributed by atoms with Gasteiger partial charge in [-0.25, -0.2) is 9.78 Å². The number of amides is 14. The summed E-state index contributed by atoms with van der Waals surface area (Å²) >= 11 is 0. The minimum Gasteiger partial charge on any atom is -0.508 e. The molecular weight excluding hydrogens is 1480 g/mol. The number of nitrogens with zero attached hydrogens (tertiary/aromatic N) is 2. The van der Waals surface area contributed by atoms with E-state index in [-0.39, 0.29) is 75.0 Å². The first-order valence-corrected chi connectivity index (χ1v) is 36.2. The van der Waals surface area contributed by atoms with Crippen LogP contribution in [-0.2, 0) is 89.6 Å². The van der Waals surface area contributed by atoms with Gasteiger partial charge < -0.3 is 132 Å². The summed E-state index contributed by atoms with van der Waals surface area (Å²) in [4.78, 5) is 226. The molecule has 28 N–H and O–H groups in total. The molecule has 112 heavy (non-hydrogen) atoms. The number of imidazole rings is 1. The van der Waals surface area contributed by atoms with E-state index < -0.39 is 223 Å². The van der Waals surface area contributed by atoms with Crippen molar-refractivity contribution >= 4 is 101 Å². The molecule has 0 aliphatic heterocycles. The van der Waals surface area contributed by atoms with E-state index in [1.54, 1.807) is 41.5 Å². The molecule has 0 bridgehead atoms. The lowest BCUT2D eigenvalue weighted by molar-refractivity contribution is -0.146. The minimum absolute atomic E-state index is 0.0117. The molecule has 0 unspecified atom stereocenters. The fourth-order valence-corrected chi connectivity index (χ4v) is 10.6. The normalized spacial score (nSPS) is 16.0. The molecule has 1 aromatic heterocycles. The van der Waals surface area contributed by atoms with E-state index >= 15 is 0 Å². The molecule has 1 aromatic carbocycles. The number of aliphatic carboxylic acids is 2. The maximum absolute atomic E-state index is 14.4. The van der Waals surface area contributed by atoms with Gasteiger partial charge >= 0.3 is 11.9 Å². The van der Waals surface area contributed by atoms with Gasteiger partial charge in [0.25, 0.3) is 0 Å². The maximum atomic E-state index is 14.4. The highest BCUT2D eigenvalue weighted by molar-refractivity contribution is 6.00. The number of phenols is 1.